The van der Waals surface area contributed by atoms with E-state index in [1.54, 1.807) is 6.08 Å². The van der Waals surface area contributed by atoms with Crippen molar-refractivity contribution < 1.29 is 9.90 Å². The second-order valence-corrected chi connectivity index (χ2v) is 6.10. The summed E-state index contributed by atoms with van der Waals surface area (Å²) in [5, 5.41) is 8.64. The number of benzene rings is 2. The third-order valence-electron chi connectivity index (χ3n) is 3.53. The van der Waals surface area contributed by atoms with Gasteiger partial charge in [0.25, 0.3) is 0 Å². The van der Waals surface area contributed by atoms with Gasteiger partial charge in [-0.3, -0.25) is 0 Å². The van der Waals surface area contributed by atoms with Crippen molar-refractivity contribution in [2.24, 2.45) is 0 Å². The maximum atomic E-state index is 10.5. The lowest BCUT2D eigenvalue weighted by Crippen LogP contribution is -1.91. The summed E-state index contributed by atoms with van der Waals surface area (Å²) in [5.41, 5.74) is 3.91. The third kappa shape index (κ3) is 4.00. The van der Waals surface area contributed by atoms with Crippen LogP contribution in [0, 0.1) is 0 Å². The van der Waals surface area contributed by atoms with E-state index >= 15 is 0 Å². The summed E-state index contributed by atoms with van der Waals surface area (Å²) in [5.74, 6) is -0.0810. The van der Waals surface area contributed by atoms with Gasteiger partial charge in [0.1, 0.15) is 16.1 Å². The summed E-state index contributed by atoms with van der Waals surface area (Å²) in [4.78, 5) is 18.5. The Morgan fingerprint density at radius 3 is 2.50 bits per heavy atom. The lowest BCUT2D eigenvalue weighted by atomic mass is 10.1. The van der Waals surface area contributed by atoms with E-state index in [2.05, 4.69) is 25.9 Å². The average molecular weight is 383 g/mol. The zero-order valence-electron chi connectivity index (χ0n) is 12.7. The van der Waals surface area contributed by atoms with Gasteiger partial charge in [0.15, 0.2) is 0 Å². The Balaban J connectivity index is 1.76. The van der Waals surface area contributed by atoms with Gasteiger partial charge in [-0.1, -0.05) is 54.6 Å². The molecule has 0 unspecified atom stereocenters. The topological polar surface area (TPSA) is 66.0 Å². The van der Waals surface area contributed by atoms with Gasteiger partial charge in [-0.05, 0) is 33.1 Å². The van der Waals surface area contributed by atoms with Crippen LogP contribution in [0.25, 0.3) is 17.3 Å². The van der Waals surface area contributed by atoms with Gasteiger partial charge in [-0.15, -0.1) is 0 Å². The van der Waals surface area contributed by atoms with Crippen LogP contribution in [0.15, 0.2) is 65.3 Å². The number of halogens is 1. The van der Waals surface area contributed by atoms with Crippen LogP contribution in [0.1, 0.15) is 17.0 Å². The van der Waals surface area contributed by atoms with Crippen LogP contribution < -0.4 is 0 Å². The molecule has 0 saturated heterocycles. The molecule has 0 aliphatic carbocycles. The van der Waals surface area contributed by atoms with E-state index in [4.69, 9.17) is 5.11 Å². The lowest BCUT2D eigenvalue weighted by molar-refractivity contribution is -0.131. The van der Waals surface area contributed by atoms with E-state index < -0.39 is 5.97 Å². The minimum atomic E-state index is -0.951. The van der Waals surface area contributed by atoms with Crippen LogP contribution in [-0.4, -0.2) is 21.0 Å². The molecule has 1 aromatic heterocycles. The second kappa shape index (κ2) is 7.27. The summed E-state index contributed by atoms with van der Waals surface area (Å²) >= 11 is 3.53. The van der Waals surface area contributed by atoms with E-state index in [0.717, 1.165) is 38.9 Å². The molecular weight excluding hydrogens is 368 g/mol. The number of aromatic amines is 1. The molecule has 0 saturated carbocycles. The van der Waals surface area contributed by atoms with Gasteiger partial charge in [0.2, 0.25) is 0 Å². The molecule has 0 aliphatic heterocycles. The number of carboxylic acid groups (broad SMARTS) is 1. The van der Waals surface area contributed by atoms with Crippen molar-refractivity contribution in [1.82, 2.24) is 9.97 Å². The molecule has 3 rings (SSSR count). The van der Waals surface area contributed by atoms with E-state index in [-0.39, 0.29) is 0 Å². The quantitative estimate of drug-likeness (QED) is 0.637. The molecule has 3 aromatic rings. The van der Waals surface area contributed by atoms with Crippen molar-refractivity contribution in [3.05, 3.63) is 82.2 Å². The van der Waals surface area contributed by atoms with Crippen LogP contribution in [0.5, 0.6) is 0 Å². The molecule has 0 spiro atoms. The fourth-order valence-electron chi connectivity index (χ4n) is 2.38. The number of aromatic nitrogens is 2. The molecular formula is C19H15BrN2O2. The summed E-state index contributed by atoms with van der Waals surface area (Å²) in [7, 11) is 0. The Bertz CT molecular complexity index is 868. The zero-order chi connectivity index (χ0) is 16.9. The number of imidazole rings is 1. The first-order valence-electron chi connectivity index (χ1n) is 7.41. The van der Waals surface area contributed by atoms with Crippen molar-refractivity contribution in [3.63, 3.8) is 0 Å². The Hall–Kier alpha value is -2.66. The molecule has 2 aromatic carbocycles. The summed E-state index contributed by atoms with van der Waals surface area (Å²) in [6.45, 7) is 0. The first-order chi connectivity index (χ1) is 11.6. The van der Waals surface area contributed by atoms with E-state index in [0.29, 0.717) is 6.42 Å². The molecule has 2 N–H and O–H groups in total. The van der Waals surface area contributed by atoms with Crippen LogP contribution in [0.2, 0.25) is 0 Å². The SMILES string of the molecule is O=C(O)/C=C/c1ccc(Cc2nc(-c3ccccc3)c(Br)[nH]2)cc1. The number of carbonyl (C=O) groups is 1. The fraction of sp³-hybridized carbons (Fsp3) is 0.0526. The molecule has 120 valence electrons. The van der Waals surface area contributed by atoms with Crippen LogP contribution in [0.3, 0.4) is 0 Å². The monoisotopic (exact) mass is 382 g/mol. The Morgan fingerprint density at radius 2 is 1.83 bits per heavy atom. The summed E-state index contributed by atoms with van der Waals surface area (Å²) in [6.07, 6.45) is 3.38. The van der Waals surface area contributed by atoms with Gasteiger partial charge in [0, 0.05) is 18.1 Å². The molecule has 5 heteroatoms. The predicted molar refractivity (Wildman–Crippen MR) is 97.6 cm³/mol. The Labute approximate surface area is 148 Å². The van der Waals surface area contributed by atoms with E-state index in [1.165, 1.54) is 0 Å². The molecule has 0 fully saturated rings. The molecule has 24 heavy (non-hydrogen) atoms. The van der Waals surface area contributed by atoms with Crippen molar-refractivity contribution in [2.75, 3.05) is 0 Å². The average Bonchev–Trinajstić information content (AvgIpc) is 2.95. The number of rotatable bonds is 5. The van der Waals surface area contributed by atoms with Crippen LogP contribution >= 0.6 is 15.9 Å². The molecule has 0 amide bonds. The fourth-order valence-corrected chi connectivity index (χ4v) is 2.92. The highest BCUT2D eigenvalue weighted by atomic mass is 79.9. The van der Waals surface area contributed by atoms with Crippen molar-refractivity contribution in [1.29, 1.82) is 0 Å². The predicted octanol–water partition coefficient (Wildman–Crippen LogP) is 4.53. The summed E-state index contributed by atoms with van der Waals surface area (Å²) < 4.78 is 0.865. The molecule has 4 nitrogen and oxygen atoms in total. The Kier molecular flexibility index (Phi) is 4.91. The first-order valence-corrected chi connectivity index (χ1v) is 8.21. The van der Waals surface area contributed by atoms with E-state index in [1.807, 2.05) is 54.6 Å². The second-order valence-electron chi connectivity index (χ2n) is 5.30. The largest absolute Gasteiger partial charge is 0.478 e. The normalized spacial score (nSPS) is 11.0. The molecule has 0 aliphatic rings. The Morgan fingerprint density at radius 1 is 1.12 bits per heavy atom. The minimum absolute atomic E-state index is 0.675. The summed E-state index contributed by atoms with van der Waals surface area (Å²) in [6, 6.07) is 17.7. The van der Waals surface area contributed by atoms with Crippen molar-refractivity contribution in [3.8, 4) is 11.3 Å². The van der Waals surface area contributed by atoms with Gasteiger partial charge in [-0.25, -0.2) is 9.78 Å². The van der Waals surface area contributed by atoms with Gasteiger partial charge >= 0.3 is 5.97 Å². The molecule has 0 atom stereocenters. The van der Waals surface area contributed by atoms with Crippen molar-refractivity contribution in [2.45, 2.75) is 6.42 Å². The number of aliphatic carboxylic acids is 1. The highest BCUT2D eigenvalue weighted by molar-refractivity contribution is 9.10. The highest BCUT2D eigenvalue weighted by Gasteiger charge is 2.10. The third-order valence-corrected chi connectivity index (χ3v) is 4.10. The van der Waals surface area contributed by atoms with Gasteiger partial charge in [0.05, 0.1) is 0 Å². The zero-order valence-corrected chi connectivity index (χ0v) is 14.3. The number of hydrogen-bond acceptors (Lipinski definition) is 2. The van der Waals surface area contributed by atoms with E-state index in [9.17, 15) is 4.79 Å². The van der Waals surface area contributed by atoms with Crippen molar-refractivity contribution >= 4 is 28.0 Å². The number of hydrogen-bond donors (Lipinski definition) is 2. The lowest BCUT2D eigenvalue weighted by Gasteiger charge is -1.99. The molecule has 1 heterocycles. The highest BCUT2D eigenvalue weighted by Crippen LogP contribution is 2.26. The standard InChI is InChI=1S/C19H15BrN2O2/c20-19-18(15-4-2-1-3-5-15)21-16(22-19)12-14-8-6-13(7-9-14)10-11-17(23)24/h1-11H,12H2,(H,21,22)(H,23,24)/b11-10+. The van der Waals surface area contributed by atoms with Crippen LogP contribution in [0.4, 0.5) is 0 Å². The maximum Gasteiger partial charge on any atom is 0.328 e. The molecule has 0 bridgehead atoms. The number of carboxylic acids is 1. The minimum Gasteiger partial charge on any atom is -0.478 e. The maximum absolute atomic E-state index is 10.5. The first kappa shape index (κ1) is 16.2. The number of nitrogens with one attached hydrogen (secondary N) is 1. The number of nitrogens with zero attached hydrogens (tertiary/aromatic N) is 1. The van der Waals surface area contributed by atoms with Gasteiger partial charge < -0.3 is 10.1 Å². The molecule has 0 radical (unpaired) electrons. The smallest absolute Gasteiger partial charge is 0.328 e. The van der Waals surface area contributed by atoms with Gasteiger partial charge in [-0.2, -0.15) is 0 Å². The van der Waals surface area contributed by atoms with Crippen LogP contribution in [-0.2, 0) is 11.2 Å². The number of H-pyrrole nitrogens is 1.